The third kappa shape index (κ3) is 5.25. The normalized spacial score (nSPS) is 11.9. The maximum absolute atomic E-state index is 12.2. The summed E-state index contributed by atoms with van der Waals surface area (Å²) in [7, 11) is 0. The summed E-state index contributed by atoms with van der Waals surface area (Å²) in [5.41, 5.74) is 2.39. The van der Waals surface area contributed by atoms with Crippen LogP contribution in [-0.2, 0) is 0 Å². The number of alkyl halides is 2. The fourth-order valence-electron chi connectivity index (χ4n) is 2.13. The van der Waals surface area contributed by atoms with Crippen molar-refractivity contribution in [1.82, 2.24) is 5.32 Å². The van der Waals surface area contributed by atoms with Gasteiger partial charge in [-0.3, -0.25) is 0 Å². The van der Waals surface area contributed by atoms with E-state index < -0.39 is 6.61 Å². The number of carbonyl (C=O) groups excluding carboxylic acids is 1. The molecule has 1 atom stereocenters. The maximum Gasteiger partial charge on any atom is 0.387 e. The second-order valence-electron chi connectivity index (χ2n) is 5.14. The quantitative estimate of drug-likeness (QED) is 0.853. The minimum Gasteiger partial charge on any atom is -0.435 e. The SMILES string of the molecule is Cc1cccc(NC(=O)N[C@H](C)c2cccc(OC(F)F)c2)c1. The lowest BCUT2D eigenvalue weighted by atomic mass is 10.1. The van der Waals surface area contributed by atoms with Crippen molar-refractivity contribution in [2.24, 2.45) is 0 Å². The molecule has 0 heterocycles. The number of urea groups is 1. The molecule has 23 heavy (non-hydrogen) atoms. The molecular weight excluding hydrogens is 302 g/mol. The Morgan fingerprint density at radius 2 is 1.87 bits per heavy atom. The highest BCUT2D eigenvalue weighted by molar-refractivity contribution is 5.89. The number of amides is 2. The standard InChI is InChI=1S/C17H18F2N2O2/c1-11-5-3-7-14(9-11)21-17(22)20-12(2)13-6-4-8-15(10-13)23-16(18)19/h3-10,12,16H,1-2H3,(H2,20,21,22)/t12-/m1/s1. The Hall–Kier alpha value is -2.63. The molecule has 2 aromatic rings. The molecule has 0 spiro atoms. The summed E-state index contributed by atoms with van der Waals surface area (Å²) >= 11 is 0. The van der Waals surface area contributed by atoms with Gasteiger partial charge in [0.05, 0.1) is 6.04 Å². The molecule has 4 nitrogen and oxygen atoms in total. The minimum absolute atomic E-state index is 0.0604. The van der Waals surface area contributed by atoms with Crippen LogP contribution in [0.25, 0.3) is 0 Å². The van der Waals surface area contributed by atoms with E-state index in [0.29, 0.717) is 11.3 Å². The molecule has 0 saturated carbocycles. The van der Waals surface area contributed by atoms with Gasteiger partial charge in [0.25, 0.3) is 0 Å². The van der Waals surface area contributed by atoms with Crippen molar-refractivity contribution < 1.29 is 18.3 Å². The summed E-state index contributed by atoms with van der Waals surface area (Å²) in [6.45, 7) is 0.815. The predicted octanol–water partition coefficient (Wildman–Crippen LogP) is 4.48. The highest BCUT2D eigenvalue weighted by Crippen LogP contribution is 2.20. The van der Waals surface area contributed by atoms with E-state index in [0.717, 1.165) is 5.56 Å². The van der Waals surface area contributed by atoms with E-state index in [-0.39, 0.29) is 17.8 Å². The van der Waals surface area contributed by atoms with Crippen LogP contribution < -0.4 is 15.4 Å². The monoisotopic (exact) mass is 320 g/mol. The molecular formula is C17H18F2N2O2. The van der Waals surface area contributed by atoms with E-state index in [1.165, 1.54) is 12.1 Å². The fourth-order valence-corrected chi connectivity index (χ4v) is 2.13. The number of rotatable bonds is 5. The third-order valence-electron chi connectivity index (χ3n) is 3.21. The minimum atomic E-state index is -2.88. The van der Waals surface area contributed by atoms with E-state index in [2.05, 4.69) is 15.4 Å². The van der Waals surface area contributed by atoms with Crippen molar-refractivity contribution >= 4 is 11.7 Å². The van der Waals surface area contributed by atoms with E-state index in [4.69, 9.17) is 0 Å². The lowest BCUT2D eigenvalue weighted by molar-refractivity contribution is -0.0499. The molecule has 0 radical (unpaired) electrons. The number of nitrogens with one attached hydrogen (secondary N) is 2. The van der Waals surface area contributed by atoms with Gasteiger partial charge >= 0.3 is 12.6 Å². The van der Waals surface area contributed by atoms with Gasteiger partial charge in [0.1, 0.15) is 5.75 Å². The highest BCUT2D eigenvalue weighted by atomic mass is 19.3. The maximum atomic E-state index is 12.2. The summed E-state index contributed by atoms with van der Waals surface area (Å²) in [5.74, 6) is 0.0604. The van der Waals surface area contributed by atoms with Crippen LogP contribution in [0.4, 0.5) is 19.3 Å². The Morgan fingerprint density at radius 3 is 2.57 bits per heavy atom. The Morgan fingerprint density at radius 1 is 1.13 bits per heavy atom. The van der Waals surface area contributed by atoms with Crippen LogP contribution in [-0.4, -0.2) is 12.6 Å². The van der Waals surface area contributed by atoms with Crippen LogP contribution in [0.1, 0.15) is 24.1 Å². The van der Waals surface area contributed by atoms with Gasteiger partial charge in [-0.1, -0.05) is 24.3 Å². The van der Waals surface area contributed by atoms with Crippen molar-refractivity contribution in [1.29, 1.82) is 0 Å². The van der Waals surface area contributed by atoms with Gasteiger partial charge < -0.3 is 15.4 Å². The van der Waals surface area contributed by atoms with Gasteiger partial charge in [-0.15, -0.1) is 0 Å². The number of aryl methyl sites for hydroxylation is 1. The van der Waals surface area contributed by atoms with Crippen LogP contribution in [0.5, 0.6) is 5.75 Å². The van der Waals surface area contributed by atoms with Crippen LogP contribution in [0.3, 0.4) is 0 Å². The Labute approximate surface area is 133 Å². The number of hydrogen-bond acceptors (Lipinski definition) is 2. The fraction of sp³-hybridized carbons (Fsp3) is 0.235. The van der Waals surface area contributed by atoms with E-state index >= 15 is 0 Å². The van der Waals surface area contributed by atoms with Crippen molar-refractivity contribution in [2.45, 2.75) is 26.5 Å². The number of ether oxygens (including phenoxy) is 1. The summed E-state index contributed by atoms with van der Waals surface area (Å²) in [5, 5.41) is 5.48. The van der Waals surface area contributed by atoms with E-state index in [1.807, 2.05) is 25.1 Å². The topological polar surface area (TPSA) is 50.4 Å². The first-order valence-electron chi connectivity index (χ1n) is 7.13. The van der Waals surface area contributed by atoms with E-state index in [9.17, 15) is 13.6 Å². The first-order valence-corrected chi connectivity index (χ1v) is 7.13. The number of benzene rings is 2. The van der Waals surface area contributed by atoms with Crippen molar-refractivity contribution in [3.05, 3.63) is 59.7 Å². The predicted molar refractivity (Wildman–Crippen MR) is 84.8 cm³/mol. The lowest BCUT2D eigenvalue weighted by Crippen LogP contribution is -2.31. The molecule has 2 amide bonds. The molecule has 122 valence electrons. The van der Waals surface area contributed by atoms with Crippen molar-refractivity contribution in [3.63, 3.8) is 0 Å². The van der Waals surface area contributed by atoms with Crippen LogP contribution >= 0.6 is 0 Å². The Bertz CT molecular complexity index is 677. The molecule has 0 aromatic heterocycles. The molecule has 0 aliphatic heterocycles. The average molecular weight is 320 g/mol. The molecule has 0 aliphatic carbocycles. The van der Waals surface area contributed by atoms with Gasteiger partial charge in [0, 0.05) is 5.69 Å². The molecule has 0 unspecified atom stereocenters. The van der Waals surface area contributed by atoms with E-state index in [1.54, 1.807) is 25.1 Å². The van der Waals surface area contributed by atoms with Crippen molar-refractivity contribution in [3.8, 4) is 5.75 Å². The molecule has 2 aromatic carbocycles. The average Bonchev–Trinajstić information content (AvgIpc) is 2.46. The Balaban J connectivity index is 1.98. The second kappa shape index (κ2) is 7.58. The summed E-state index contributed by atoms with van der Waals surface area (Å²) < 4.78 is 28.8. The highest BCUT2D eigenvalue weighted by Gasteiger charge is 2.12. The molecule has 2 rings (SSSR count). The van der Waals surface area contributed by atoms with Crippen LogP contribution in [0.2, 0.25) is 0 Å². The molecule has 0 aliphatic rings. The first kappa shape index (κ1) is 16.7. The zero-order chi connectivity index (χ0) is 16.8. The van der Waals surface area contributed by atoms with Crippen LogP contribution in [0, 0.1) is 6.92 Å². The molecule has 2 N–H and O–H groups in total. The van der Waals surface area contributed by atoms with Gasteiger partial charge in [-0.2, -0.15) is 8.78 Å². The van der Waals surface area contributed by atoms with Crippen molar-refractivity contribution in [2.75, 3.05) is 5.32 Å². The molecule has 0 bridgehead atoms. The summed E-state index contributed by atoms with van der Waals surface area (Å²) in [6.07, 6.45) is 0. The zero-order valence-electron chi connectivity index (χ0n) is 12.8. The Kier molecular flexibility index (Phi) is 5.51. The zero-order valence-corrected chi connectivity index (χ0v) is 12.8. The summed E-state index contributed by atoms with van der Waals surface area (Å²) in [4.78, 5) is 12.0. The number of halogens is 2. The first-order chi connectivity index (χ1) is 10.9. The van der Waals surface area contributed by atoms with Gasteiger partial charge in [-0.05, 0) is 49.2 Å². The van der Waals surface area contributed by atoms with Gasteiger partial charge in [0.2, 0.25) is 0 Å². The van der Waals surface area contributed by atoms with Gasteiger partial charge in [0.15, 0.2) is 0 Å². The number of hydrogen-bond donors (Lipinski definition) is 2. The lowest BCUT2D eigenvalue weighted by Gasteiger charge is -2.16. The largest absolute Gasteiger partial charge is 0.435 e. The second-order valence-corrected chi connectivity index (χ2v) is 5.14. The molecule has 0 fully saturated rings. The van der Waals surface area contributed by atoms with Crippen LogP contribution in [0.15, 0.2) is 48.5 Å². The third-order valence-corrected chi connectivity index (χ3v) is 3.21. The summed E-state index contributed by atoms with van der Waals surface area (Å²) in [6, 6.07) is 12.9. The van der Waals surface area contributed by atoms with Gasteiger partial charge in [-0.25, -0.2) is 4.79 Å². The number of anilines is 1. The number of carbonyl (C=O) groups is 1. The molecule has 6 heteroatoms. The smallest absolute Gasteiger partial charge is 0.387 e. The molecule has 0 saturated heterocycles.